The number of aryl methyl sites for hydroxylation is 2. The fourth-order valence-electron chi connectivity index (χ4n) is 4.43. The van der Waals surface area contributed by atoms with Gasteiger partial charge in [-0.1, -0.05) is 36.4 Å². The van der Waals surface area contributed by atoms with Gasteiger partial charge in [-0.2, -0.15) is 4.52 Å². The molecule has 2 aromatic carbocycles. The van der Waals surface area contributed by atoms with E-state index < -0.39 is 9.84 Å². The quantitative estimate of drug-likeness (QED) is 0.485. The molecule has 1 aliphatic heterocycles. The van der Waals surface area contributed by atoms with Crippen LogP contribution in [0, 0.1) is 19.8 Å². The molecule has 0 aliphatic carbocycles. The Hall–Kier alpha value is -3.00. The monoisotopic (exact) mass is 435 g/mol. The Morgan fingerprint density at radius 2 is 1.90 bits per heavy atom. The average Bonchev–Trinajstić information content (AvgIpc) is 3.20. The van der Waals surface area contributed by atoms with Gasteiger partial charge in [0.25, 0.3) is 0 Å². The molecular formula is C23H25N5O2S. The number of aromatic nitrogens is 4. The van der Waals surface area contributed by atoms with Crippen molar-refractivity contribution >= 4 is 32.2 Å². The fourth-order valence-corrected chi connectivity index (χ4v) is 5.98. The van der Waals surface area contributed by atoms with Crippen LogP contribution in [0.5, 0.6) is 0 Å². The second kappa shape index (κ2) is 7.30. The van der Waals surface area contributed by atoms with E-state index in [1.165, 1.54) is 6.42 Å². The van der Waals surface area contributed by atoms with Crippen molar-refractivity contribution in [3.05, 3.63) is 53.6 Å². The molecule has 0 saturated carbocycles. The summed E-state index contributed by atoms with van der Waals surface area (Å²) in [5.74, 6) is 1.36. The third kappa shape index (κ3) is 3.26. The minimum Gasteiger partial charge on any atom is -0.356 e. The maximum atomic E-state index is 13.6. The summed E-state index contributed by atoms with van der Waals surface area (Å²) in [6, 6.07) is 13.2. The Bertz CT molecular complexity index is 1410. The molecule has 2 aromatic heterocycles. The molecule has 31 heavy (non-hydrogen) atoms. The first-order valence-electron chi connectivity index (χ1n) is 10.6. The van der Waals surface area contributed by atoms with Crippen LogP contribution in [-0.2, 0) is 9.84 Å². The molecule has 1 aliphatic rings. The second-order valence-corrected chi connectivity index (χ2v) is 10.4. The van der Waals surface area contributed by atoms with Gasteiger partial charge in [0.15, 0.2) is 5.65 Å². The van der Waals surface area contributed by atoms with Crippen LogP contribution >= 0.6 is 0 Å². The number of benzene rings is 2. The normalized spacial score (nSPS) is 17.5. The van der Waals surface area contributed by atoms with E-state index in [1.54, 1.807) is 17.5 Å². The Balaban J connectivity index is 1.77. The molecule has 0 radical (unpaired) electrons. The fraction of sp³-hybridized carbons (Fsp3) is 0.348. The Labute approximate surface area is 181 Å². The van der Waals surface area contributed by atoms with Crippen LogP contribution in [0.3, 0.4) is 0 Å². The summed E-state index contributed by atoms with van der Waals surface area (Å²) in [7, 11) is -3.88. The third-order valence-corrected chi connectivity index (χ3v) is 7.84. The summed E-state index contributed by atoms with van der Waals surface area (Å²) in [6.07, 6.45) is 2.28. The third-order valence-electron chi connectivity index (χ3n) is 6.05. The van der Waals surface area contributed by atoms with Gasteiger partial charge in [0.1, 0.15) is 5.82 Å². The number of rotatable bonds is 3. The van der Waals surface area contributed by atoms with Gasteiger partial charge >= 0.3 is 0 Å². The van der Waals surface area contributed by atoms with Crippen molar-refractivity contribution in [2.75, 3.05) is 18.0 Å². The lowest BCUT2D eigenvalue weighted by Crippen LogP contribution is -2.35. The Morgan fingerprint density at radius 3 is 2.71 bits per heavy atom. The maximum absolute atomic E-state index is 13.6. The van der Waals surface area contributed by atoms with Crippen molar-refractivity contribution in [3.8, 4) is 0 Å². The Morgan fingerprint density at radius 1 is 1.10 bits per heavy atom. The minimum absolute atomic E-state index is 0.0988. The number of piperidine rings is 1. The Kier molecular flexibility index (Phi) is 4.69. The molecule has 0 N–H and O–H groups in total. The van der Waals surface area contributed by atoms with Crippen LogP contribution in [0.4, 0.5) is 5.82 Å². The molecule has 7 nitrogen and oxygen atoms in total. The van der Waals surface area contributed by atoms with E-state index >= 15 is 0 Å². The largest absolute Gasteiger partial charge is 0.356 e. The zero-order valence-corrected chi connectivity index (χ0v) is 18.7. The summed E-state index contributed by atoms with van der Waals surface area (Å²) in [4.78, 5) is 7.36. The van der Waals surface area contributed by atoms with Crippen LogP contribution < -0.4 is 4.90 Å². The van der Waals surface area contributed by atoms with Crippen molar-refractivity contribution in [2.45, 2.75) is 43.5 Å². The first-order chi connectivity index (χ1) is 14.9. The number of fused-ring (bicyclic) bond motifs is 3. The van der Waals surface area contributed by atoms with Gasteiger partial charge in [-0.3, -0.25) is 0 Å². The van der Waals surface area contributed by atoms with Crippen molar-refractivity contribution < 1.29 is 8.42 Å². The zero-order chi connectivity index (χ0) is 21.8. The first kappa shape index (κ1) is 19.9. The highest BCUT2D eigenvalue weighted by Gasteiger charge is 2.29. The maximum Gasteiger partial charge on any atom is 0.229 e. The predicted molar refractivity (Wildman–Crippen MR) is 120 cm³/mol. The van der Waals surface area contributed by atoms with E-state index in [1.807, 2.05) is 43.3 Å². The second-order valence-electron chi connectivity index (χ2n) is 8.55. The predicted octanol–water partition coefficient (Wildman–Crippen LogP) is 3.96. The highest BCUT2D eigenvalue weighted by molar-refractivity contribution is 7.91. The molecule has 8 heteroatoms. The van der Waals surface area contributed by atoms with E-state index in [4.69, 9.17) is 4.98 Å². The van der Waals surface area contributed by atoms with Crippen LogP contribution in [0.15, 0.2) is 52.4 Å². The molecule has 1 saturated heterocycles. The summed E-state index contributed by atoms with van der Waals surface area (Å²) in [5, 5.41) is 9.16. The van der Waals surface area contributed by atoms with Crippen LogP contribution in [0.1, 0.15) is 30.9 Å². The van der Waals surface area contributed by atoms with Crippen molar-refractivity contribution in [2.24, 2.45) is 5.92 Å². The van der Waals surface area contributed by atoms with Crippen molar-refractivity contribution in [3.63, 3.8) is 0 Å². The van der Waals surface area contributed by atoms with Gasteiger partial charge < -0.3 is 4.90 Å². The van der Waals surface area contributed by atoms with Gasteiger partial charge in [-0.15, -0.1) is 5.10 Å². The van der Waals surface area contributed by atoms with E-state index in [2.05, 4.69) is 22.1 Å². The standard InChI is InChI=1S/C23H25N5O2S/c1-15-10-11-17(3)20(13-15)31(29,30)23-22-24-21(27-12-6-7-16(2)14-27)18-8-4-5-9-19(18)28(22)26-25-23/h4-5,8-11,13,16H,6-7,12,14H2,1-3H3/t16-/m1/s1. The number of hydrogen-bond acceptors (Lipinski definition) is 6. The molecule has 0 unspecified atom stereocenters. The number of sulfone groups is 1. The number of para-hydroxylation sites is 1. The smallest absolute Gasteiger partial charge is 0.229 e. The molecule has 0 spiro atoms. The molecule has 0 bridgehead atoms. The van der Waals surface area contributed by atoms with Gasteiger partial charge in [-0.25, -0.2) is 13.4 Å². The highest BCUT2D eigenvalue weighted by atomic mass is 32.2. The molecule has 3 heterocycles. The van der Waals surface area contributed by atoms with Gasteiger partial charge in [0.05, 0.1) is 10.4 Å². The van der Waals surface area contributed by atoms with Gasteiger partial charge in [0, 0.05) is 18.5 Å². The van der Waals surface area contributed by atoms with E-state index in [9.17, 15) is 8.42 Å². The summed E-state index contributed by atoms with van der Waals surface area (Å²) in [5.41, 5.74) is 2.63. The lowest BCUT2D eigenvalue weighted by Gasteiger charge is -2.32. The molecule has 160 valence electrons. The lowest BCUT2D eigenvalue weighted by atomic mass is 10.00. The van der Waals surface area contributed by atoms with E-state index in [-0.39, 0.29) is 15.6 Å². The number of hydrogen-bond donors (Lipinski definition) is 0. The molecule has 5 rings (SSSR count). The van der Waals surface area contributed by atoms with E-state index in [0.29, 0.717) is 11.5 Å². The number of nitrogens with zero attached hydrogens (tertiary/aromatic N) is 5. The molecule has 0 amide bonds. The van der Waals surface area contributed by atoms with Gasteiger partial charge in [-0.05, 0) is 61.9 Å². The summed E-state index contributed by atoms with van der Waals surface area (Å²) < 4.78 is 28.7. The first-order valence-corrected chi connectivity index (χ1v) is 12.1. The van der Waals surface area contributed by atoms with E-state index in [0.717, 1.165) is 41.8 Å². The van der Waals surface area contributed by atoms with Crippen molar-refractivity contribution in [1.29, 1.82) is 0 Å². The van der Waals surface area contributed by atoms with Crippen LogP contribution in [0.25, 0.3) is 16.6 Å². The van der Waals surface area contributed by atoms with Crippen LogP contribution in [-0.4, -0.2) is 41.3 Å². The highest BCUT2D eigenvalue weighted by Crippen LogP contribution is 2.32. The molecule has 1 fully saturated rings. The molecule has 4 aromatic rings. The lowest BCUT2D eigenvalue weighted by molar-refractivity contribution is 0.445. The van der Waals surface area contributed by atoms with Crippen molar-refractivity contribution in [1.82, 2.24) is 19.8 Å². The SMILES string of the molecule is Cc1ccc(C)c(S(=O)(=O)c2nnn3c2nc(N2CCC[C@@H](C)C2)c2ccccc23)c1. The summed E-state index contributed by atoms with van der Waals surface area (Å²) in [6.45, 7) is 7.71. The topological polar surface area (TPSA) is 80.5 Å². The van der Waals surface area contributed by atoms with Gasteiger partial charge in [0.2, 0.25) is 14.9 Å². The molecule has 1 atom stereocenters. The minimum atomic E-state index is -3.88. The van der Waals surface area contributed by atoms with Crippen LogP contribution in [0.2, 0.25) is 0 Å². The molecular weight excluding hydrogens is 410 g/mol. The number of anilines is 1. The summed E-state index contributed by atoms with van der Waals surface area (Å²) >= 11 is 0. The zero-order valence-electron chi connectivity index (χ0n) is 17.9. The average molecular weight is 436 g/mol.